The van der Waals surface area contributed by atoms with Crippen molar-refractivity contribution in [1.29, 1.82) is 0 Å². The smallest absolute Gasteiger partial charge is 0.257 e. The highest BCUT2D eigenvalue weighted by Crippen LogP contribution is 2.37. The molecule has 0 bridgehead atoms. The maximum Gasteiger partial charge on any atom is 0.257 e. The van der Waals surface area contributed by atoms with E-state index < -0.39 is 0 Å². The van der Waals surface area contributed by atoms with E-state index in [4.69, 9.17) is 14.5 Å². The zero-order chi connectivity index (χ0) is 19.8. The molecule has 4 rings (SSSR count). The summed E-state index contributed by atoms with van der Waals surface area (Å²) in [6.07, 6.45) is 2.73. The van der Waals surface area contributed by atoms with E-state index in [0.29, 0.717) is 13.2 Å². The number of hydrogen-bond donors (Lipinski definition) is 0. The van der Waals surface area contributed by atoms with Gasteiger partial charge in [-0.1, -0.05) is 20.3 Å². The van der Waals surface area contributed by atoms with Gasteiger partial charge in [-0.3, -0.25) is 4.79 Å². The summed E-state index contributed by atoms with van der Waals surface area (Å²) in [7, 11) is 3.31. The second-order valence-corrected chi connectivity index (χ2v) is 7.26. The zero-order valence-electron chi connectivity index (χ0n) is 17.0. The summed E-state index contributed by atoms with van der Waals surface area (Å²) in [6, 6.07) is 8.13. The number of rotatable bonds is 6. The number of fused-ring (bicyclic) bond motifs is 4. The molecule has 2 aromatic heterocycles. The van der Waals surface area contributed by atoms with Gasteiger partial charge in [0.15, 0.2) is 0 Å². The van der Waals surface area contributed by atoms with Gasteiger partial charge in [-0.25, -0.2) is 4.98 Å². The molecule has 1 aliphatic heterocycles. The number of aryl methyl sites for hydroxylation is 2. The van der Waals surface area contributed by atoms with Gasteiger partial charge in [-0.15, -0.1) is 0 Å². The first-order valence-electron chi connectivity index (χ1n) is 9.87. The number of methoxy groups -OCH3 is 2. The van der Waals surface area contributed by atoms with E-state index >= 15 is 0 Å². The molecule has 5 heteroatoms. The minimum atomic E-state index is 0.0458. The summed E-state index contributed by atoms with van der Waals surface area (Å²) in [5.41, 5.74) is 7.08. The average molecular weight is 378 g/mol. The number of nitrogens with zero attached hydrogens (tertiary/aromatic N) is 2. The lowest BCUT2D eigenvalue weighted by molar-refractivity contribution is 0.182. The standard InChI is InChI=1S/C23H26N2O3/c1-5-7-14-10-21-22-18(12-25(21)23(26)19(14)13-27-3)16(6-2)17-11-15(28-4)8-9-20(17)24-22/h8-11H,5-7,12-13H2,1-4H3. The fourth-order valence-corrected chi connectivity index (χ4v) is 4.30. The largest absolute Gasteiger partial charge is 0.497 e. The lowest BCUT2D eigenvalue weighted by Gasteiger charge is -2.12. The van der Waals surface area contributed by atoms with Crippen molar-refractivity contribution < 1.29 is 9.47 Å². The van der Waals surface area contributed by atoms with Crippen molar-refractivity contribution in [1.82, 2.24) is 9.55 Å². The fourth-order valence-electron chi connectivity index (χ4n) is 4.30. The minimum absolute atomic E-state index is 0.0458. The predicted molar refractivity (Wildman–Crippen MR) is 111 cm³/mol. The van der Waals surface area contributed by atoms with Crippen LogP contribution in [0.5, 0.6) is 5.75 Å². The van der Waals surface area contributed by atoms with Gasteiger partial charge in [0.25, 0.3) is 5.56 Å². The second-order valence-electron chi connectivity index (χ2n) is 7.26. The van der Waals surface area contributed by atoms with Crippen LogP contribution in [0.15, 0.2) is 29.1 Å². The molecule has 0 atom stereocenters. The van der Waals surface area contributed by atoms with Gasteiger partial charge >= 0.3 is 0 Å². The van der Waals surface area contributed by atoms with Gasteiger partial charge in [0.2, 0.25) is 0 Å². The van der Waals surface area contributed by atoms with Crippen molar-refractivity contribution >= 4 is 10.9 Å². The first kappa shape index (κ1) is 18.7. The Balaban J connectivity index is 1.99. The van der Waals surface area contributed by atoms with Gasteiger partial charge in [0, 0.05) is 23.6 Å². The quantitative estimate of drug-likeness (QED) is 0.507. The molecule has 0 saturated heterocycles. The molecule has 1 aromatic carbocycles. The molecule has 28 heavy (non-hydrogen) atoms. The molecule has 0 N–H and O–H groups in total. The maximum atomic E-state index is 13.2. The molecule has 0 aliphatic carbocycles. The Labute approximate surface area is 164 Å². The average Bonchev–Trinajstić information content (AvgIpc) is 3.07. The van der Waals surface area contributed by atoms with E-state index in [1.807, 2.05) is 22.8 Å². The zero-order valence-corrected chi connectivity index (χ0v) is 17.0. The van der Waals surface area contributed by atoms with Crippen LogP contribution in [0, 0.1) is 0 Å². The Bertz CT molecular complexity index is 1120. The molecule has 5 nitrogen and oxygen atoms in total. The number of benzene rings is 1. The summed E-state index contributed by atoms with van der Waals surface area (Å²) in [6.45, 7) is 5.19. The van der Waals surface area contributed by atoms with Crippen LogP contribution in [0.4, 0.5) is 0 Å². The first-order valence-corrected chi connectivity index (χ1v) is 9.87. The van der Waals surface area contributed by atoms with Crippen LogP contribution in [-0.4, -0.2) is 23.8 Å². The summed E-state index contributed by atoms with van der Waals surface area (Å²) < 4.78 is 12.6. The highest BCUT2D eigenvalue weighted by atomic mass is 16.5. The van der Waals surface area contributed by atoms with Crippen LogP contribution in [-0.2, 0) is 30.7 Å². The third-order valence-electron chi connectivity index (χ3n) is 5.62. The Morgan fingerprint density at radius 1 is 1.14 bits per heavy atom. The van der Waals surface area contributed by atoms with Gasteiger partial charge in [-0.05, 0) is 48.2 Å². The van der Waals surface area contributed by atoms with E-state index in [-0.39, 0.29) is 5.56 Å². The minimum Gasteiger partial charge on any atom is -0.497 e. The van der Waals surface area contributed by atoms with Crippen molar-refractivity contribution in [2.75, 3.05) is 14.2 Å². The Morgan fingerprint density at radius 3 is 2.64 bits per heavy atom. The van der Waals surface area contributed by atoms with E-state index in [0.717, 1.165) is 64.0 Å². The monoisotopic (exact) mass is 378 g/mol. The highest BCUT2D eigenvalue weighted by Gasteiger charge is 2.27. The van der Waals surface area contributed by atoms with E-state index in [1.54, 1.807) is 14.2 Å². The molecule has 3 heterocycles. The maximum absolute atomic E-state index is 13.2. The van der Waals surface area contributed by atoms with Crippen LogP contribution >= 0.6 is 0 Å². The van der Waals surface area contributed by atoms with Crippen molar-refractivity contribution in [3.8, 4) is 17.1 Å². The molecular weight excluding hydrogens is 352 g/mol. The highest BCUT2D eigenvalue weighted by molar-refractivity contribution is 5.89. The third-order valence-corrected chi connectivity index (χ3v) is 5.62. The normalized spacial score (nSPS) is 12.3. The summed E-state index contributed by atoms with van der Waals surface area (Å²) in [4.78, 5) is 18.2. The fraction of sp³-hybridized carbons (Fsp3) is 0.391. The van der Waals surface area contributed by atoms with Crippen molar-refractivity contribution in [2.45, 2.75) is 46.3 Å². The van der Waals surface area contributed by atoms with Crippen molar-refractivity contribution in [3.05, 3.63) is 56.9 Å². The molecule has 1 aliphatic rings. The Kier molecular flexibility index (Phi) is 4.94. The van der Waals surface area contributed by atoms with Crippen LogP contribution in [0.25, 0.3) is 22.3 Å². The molecule has 0 radical (unpaired) electrons. The summed E-state index contributed by atoms with van der Waals surface area (Å²) in [5, 5.41) is 1.10. The SMILES string of the molecule is CCCc1cc2n(c(=O)c1COC)Cc1c-2nc2ccc(OC)cc2c1CC. The molecule has 146 valence electrons. The van der Waals surface area contributed by atoms with Crippen LogP contribution in [0.2, 0.25) is 0 Å². The molecular formula is C23H26N2O3. The second kappa shape index (κ2) is 7.40. The number of pyridine rings is 2. The molecule has 0 unspecified atom stereocenters. The topological polar surface area (TPSA) is 53.4 Å². The molecule has 0 amide bonds. The Hall–Kier alpha value is -2.66. The van der Waals surface area contributed by atoms with Crippen LogP contribution in [0.3, 0.4) is 0 Å². The van der Waals surface area contributed by atoms with Gasteiger partial charge in [0.05, 0.1) is 37.2 Å². The number of aromatic nitrogens is 2. The molecule has 0 fully saturated rings. The third kappa shape index (κ3) is 2.81. The number of ether oxygens (including phenoxy) is 2. The van der Waals surface area contributed by atoms with Gasteiger partial charge in [-0.2, -0.15) is 0 Å². The van der Waals surface area contributed by atoms with Gasteiger partial charge in [0.1, 0.15) is 5.75 Å². The van der Waals surface area contributed by atoms with Crippen molar-refractivity contribution in [2.24, 2.45) is 0 Å². The van der Waals surface area contributed by atoms with Crippen LogP contribution in [0.1, 0.15) is 42.5 Å². The predicted octanol–water partition coefficient (Wildman–Crippen LogP) is 4.10. The van der Waals surface area contributed by atoms with Crippen molar-refractivity contribution in [3.63, 3.8) is 0 Å². The van der Waals surface area contributed by atoms with Crippen LogP contribution < -0.4 is 10.3 Å². The molecule has 0 spiro atoms. The first-order chi connectivity index (χ1) is 13.6. The number of hydrogen-bond acceptors (Lipinski definition) is 4. The molecule has 0 saturated carbocycles. The summed E-state index contributed by atoms with van der Waals surface area (Å²) in [5.74, 6) is 0.823. The van der Waals surface area contributed by atoms with E-state index in [9.17, 15) is 4.79 Å². The lowest BCUT2D eigenvalue weighted by Crippen LogP contribution is -2.25. The van der Waals surface area contributed by atoms with E-state index in [1.165, 1.54) is 5.56 Å². The molecule has 3 aromatic rings. The van der Waals surface area contributed by atoms with E-state index in [2.05, 4.69) is 19.9 Å². The van der Waals surface area contributed by atoms with Gasteiger partial charge < -0.3 is 14.0 Å². The Morgan fingerprint density at radius 2 is 1.96 bits per heavy atom. The summed E-state index contributed by atoms with van der Waals surface area (Å²) >= 11 is 0. The lowest BCUT2D eigenvalue weighted by atomic mass is 9.98.